The molecule has 5 nitrogen and oxygen atoms in total. The maximum absolute atomic E-state index is 12.3. The van der Waals surface area contributed by atoms with Crippen LogP contribution in [0.15, 0.2) is 24.3 Å². The minimum Gasteiger partial charge on any atom is -0.480 e. The van der Waals surface area contributed by atoms with E-state index in [9.17, 15) is 14.7 Å². The Morgan fingerprint density at radius 2 is 2.05 bits per heavy atom. The van der Waals surface area contributed by atoms with Gasteiger partial charge in [-0.1, -0.05) is 23.7 Å². The Hall–Kier alpha value is -1.59. The standard InChI is InChI=1S/C14H16ClNO4/c1-8(17)11(12(18)19)16-13(20)14(5-6-14)9-3-2-4-10(15)7-9/h2-4,7-8,11,17H,5-6H2,1H3,(H,16,20)(H,18,19)/t8?,11-/m0/s1. The van der Waals surface area contributed by atoms with E-state index in [1.807, 2.05) is 0 Å². The number of aliphatic hydroxyl groups is 1. The summed E-state index contributed by atoms with van der Waals surface area (Å²) in [5.41, 5.74) is 0.0604. The minimum absolute atomic E-state index is 0.381. The predicted molar refractivity (Wildman–Crippen MR) is 73.6 cm³/mol. The van der Waals surface area contributed by atoms with Gasteiger partial charge in [0.15, 0.2) is 6.04 Å². The number of aliphatic hydroxyl groups excluding tert-OH is 1. The van der Waals surface area contributed by atoms with Crippen LogP contribution in [0.5, 0.6) is 0 Å². The maximum Gasteiger partial charge on any atom is 0.328 e. The van der Waals surface area contributed by atoms with Gasteiger partial charge in [0.1, 0.15) is 0 Å². The Morgan fingerprint density at radius 3 is 2.50 bits per heavy atom. The number of hydrogen-bond acceptors (Lipinski definition) is 3. The molecule has 1 unspecified atom stereocenters. The van der Waals surface area contributed by atoms with E-state index in [1.165, 1.54) is 6.92 Å². The molecule has 1 aromatic carbocycles. The van der Waals surface area contributed by atoms with Crippen LogP contribution in [-0.2, 0) is 15.0 Å². The zero-order valence-electron chi connectivity index (χ0n) is 11.0. The lowest BCUT2D eigenvalue weighted by molar-refractivity contribution is -0.145. The van der Waals surface area contributed by atoms with E-state index >= 15 is 0 Å². The van der Waals surface area contributed by atoms with E-state index in [2.05, 4.69) is 5.32 Å². The molecule has 0 spiro atoms. The minimum atomic E-state index is -1.31. The van der Waals surface area contributed by atoms with E-state index < -0.39 is 23.5 Å². The number of carboxylic acid groups (broad SMARTS) is 1. The van der Waals surface area contributed by atoms with E-state index in [-0.39, 0.29) is 5.91 Å². The highest BCUT2D eigenvalue weighted by Crippen LogP contribution is 2.48. The number of amides is 1. The van der Waals surface area contributed by atoms with Gasteiger partial charge in [0, 0.05) is 5.02 Å². The van der Waals surface area contributed by atoms with Crippen molar-refractivity contribution in [1.82, 2.24) is 5.32 Å². The van der Waals surface area contributed by atoms with Crippen molar-refractivity contribution in [2.75, 3.05) is 0 Å². The van der Waals surface area contributed by atoms with Crippen molar-refractivity contribution in [1.29, 1.82) is 0 Å². The molecule has 1 fully saturated rings. The number of carbonyl (C=O) groups excluding carboxylic acids is 1. The average molecular weight is 298 g/mol. The third kappa shape index (κ3) is 2.78. The highest BCUT2D eigenvalue weighted by atomic mass is 35.5. The van der Waals surface area contributed by atoms with Gasteiger partial charge in [0.05, 0.1) is 11.5 Å². The molecule has 1 saturated carbocycles. The Balaban J connectivity index is 2.18. The lowest BCUT2D eigenvalue weighted by Gasteiger charge is -2.21. The fourth-order valence-electron chi connectivity index (χ4n) is 2.23. The summed E-state index contributed by atoms with van der Waals surface area (Å²) < 4.78 is 0. The first-order valence-electron chi connectivity index (χ1n) is 6.35. The summed E-state index contributed by atoms with van der Waals surface area (Å²) in [6.07, 6.45) is 0.128. The quantitative estimate of drug-likeness (QED) is 0.765. The van der Waals surface area contributed by atoms with Crippen molar-refractivity contribution in [2.24, 2.45) is 0 Å². The van der Waals surface area contributed by atoms with Crippen LogP contribution in [0, 0.1) is 0 Å². The van der Waals surface area contributed by atoms with Gasteiger partial charge in [-0.25, -0.2) is 4.79 Å². The highest BCUT2D eigenvalue weighted by Gasteiger charge is 2.52. The molecule has 1 aromatic rings. The van der Waals surface area contributed by atoms with Gasteiger partial charge in [0.25, 0.3) is 0 Å². The summed E-state index contributed by atoms with van der Waals surface area (Å²) in [7, 11) is 0. The molecule has 2 rings (SSSR count). The van der Waals surface area contributed by atoms with Crippen LogP contribution in [0.1, 0.15) is 25.3 Å². The van der Waals surface area contributed by atoms with Crippen LogP contribution in [0.4, 0.5) is 0 Å². The molecule has 1 aliphatic carbocycles. The van der Waals surface area contributed by atoms with E-state index in [4.69, 9.17) is 16.7 Å². The molecule has 108 valence electrons. The highest BCUT2D eigenvalue weighted by molar-refractivity contribution is 6.30. The van der Waals surface area contributed by atoms with Crippen LogP contribution in [0.2, 0.25) is 5.02 Å². The van der Waals surface area contributed by atoms with Crippen LogP contribution >= 0.6 is 11.6 Å². The maximum atomic E-state index is 12.3. The van der Waals surface area contributed by atoms with Crippen molar-refractivity contribution < 1.29 is 19.8 Å². The molecule has 0 aliphatic heterocycles. The average Bonchev–Trinajstić information content (AvgIpc) is 3.16. The number of rotatable bonds is 5. The van der Waals surface area contributed by atoms with Crippen LogP contribution in [0.3, 0.4) is 0 Å². The van der Waals surface area contributed by atoms with Gasteiger partial charge in [-0.2, -0.15) is 0 Å². The topological polar surface area (TPSA) is 86.6 Å². The summed E-state index contributed by atoms with van der Waals surface area (Å²) in [4.78, 5) is 23.3. The smallest absolute Gasteiger partial charge is 0.328 e. The van der Waals surface area contributed by atoms with Crippen molar-refractivity contribution in [3.05, 3.63) is 34.9 Å². The predicted octanol–water partition coefficient (Wildman–Crippen LogP) is 1.32. The normalized spacial score (nSPS) is 18.9. The molecule has 0 radical (unpaired) electrons. The van der Waals surface area contributed by atoms with Crippen molar-refractivity contribution in [3.8, 4) is 0 Å². The summed E-state index contributed by atoms with van der Waals surface area (Å²) in [6.45, 7) is 1.33. The van der Waals surface area contributed by atoms with Crippen molar-refractivity contribution in [3.63, 3.8) is 0 Å². The van der Waals surface area contributed by atoms with Crippen molar-refractivity contribution >= 4 is 23.5 Å². The number of benzene rings is 1. The first kappa shape index (κ1) is 14.8. The fraction of sp³-hybridized carbons (Fsp3) is 0.429. The zero-order valence-corrected chi connectivity index (χ0v) is 11.7. The Bertz CT molecular complexity index is 540. The second kappa shape index (κ2) is 5.42. The molecule has 2 atom stereocenters. The molecular formula is C14H16ClNO4. The number of hydrogen-bond donors (Lipinski definition) is 3. The van der Waals surface area contributed by atoms with Crippen LogP contribution in [0.25, 0.3) is 0 Å². The van der Waals surface area contributed by atoms with Gasteiger partial charge in [-0.05, 0) is 37.5 Å². The Morgan fingerprint density at radius 1 is 1.40 bits per heavy atom. The van der Waals surface area contributed by atoms with Gasteiger partial charge in [-0.3, -0.25) is 4.79 Å². The number of halogens is 1. The fourth-order valence-corrected chi connectivity index (χ4v) is 2.42. The third-order valence-electron chi connectivity index (χ3n) is 3.60. The van der Waals surface area contributed by atoms with Gasteiger partial charge in [-0.15, -0.1) is 0 Å². The molecule has 3 N–H and O–H groups in total. The largest absolute Gasteiger partial charge is 0.480 e. The number of carbonyl (C=O) groups is 2. The van der Waals surface area contributed by atoms with Crippen molar-refractivity contribution in [2.45, 2.75) is 37.3 Å². The van der Waals surface area contributed by atoms with E-state index in [0.717, 1.165) is 5.56 Å². The number of nitrogens with one attached hydrogen (secondary N) is 1. The summed E-state index contributed by atoms with van der Waals surface area (Å²) in [6, 6.07) is 5.69. The van der Waals surface area contributed by atoms with Gasteiger partial charge in [0.2, 0.25) is 5.91 Å². The lowest BCUT2D eigenvalue weighted by atomic mass is 9.94. The molecule has 1 aliphatic rings. The monoisotopic (exact) mass is 297 g/mol. The Labute approximate surface area is 121 Å². The van der Waals surface area contributed by atoms with E-state index in [0.29, 0.717) is 17.9 Å². The molecule has 20 heavy (non-hydrogen) atoms. The third-order valence-corrected chi connectivity index (χ3v) is 3.83. The van der Waals surface area contributed by atoms with Crippen LogP contribution < -0.4 is 5.32 Å². The second-order valence-electron chi connectivity index (χ2n) is 5.12. The molecule has 0 saturated heterocycles. The molecule has 1 amide bonds. The van der Waals surface area contributed by atoms with Crippen LogP contribution in [-0.4, -0.2) is 34.2 Å². The molecular weight excluding hydrogens is 282 g/mol. The van der Waals surface area contributed by atoms with Gasteiger partial charge >= 0.3 is 5.97 Å². The first-order valence-corrected chi connectivity index (χ1v) is 6.72. The summed E-state index contributed by atoms with van der Waals surface area (Å²) in [5, 5.41) is 21.4. The molecule has 0 aromatic heterocycles. The van der Waals surface area contributed by atoms with E-state index in [1.54, 1.807) is 24.3 Å². The molecule has 6 heteroatoms. The Kier molecular flexibility index (Phi) is 4.01. The molecule has 0 bridgehead atoms. The zero-order chi connectivity index (χ0) is 14.9. The lowest BCUT2D eigenvalue weighted by Crippen LogP contribution is -2.50. The summed E-state index contributed by atoms with van der Waals surface area (Å²) in [5.74, 6) is -1.64. The SMILES string of the molecule is CC(O)[C@H](NC(=O)C1(c2cccc(Cl)c2)CC1)C(=O)O. The van der Waals surface area contributed by atoms with Gasteiger partial charge < -0.3 is 15.5 Å². The first-order chi connectivity index (χ1) is 9.36. The number of aliphatic carboxylic acids is 1. The molecule has 0 heterocycles. The second-order valence-corrected chi connectivity index (χ2v) is 5.56. The summed E-state index contributed by atoms with van der Waals surface area (Å²) >= 11 is 5.92. The number of carboxylic acids is 1.